The van der Waals surface area contributed by atoms with Crippen molar-refractivity contribution in [1.82, 2.24) is 14.9 Å². The van der Waals surface area contributed by atoms with E-state index < -0.39 is 17.5 Å². The van der Waals surface area contributed by atoms with Gasteiger partial charge in [0.25, 0.3) is 5.56 Å². The van der Waals surface area contributed by atoms with E-state index in [1.165, 1.54) is 0 Å². The van der Waals surface area contributed by atoms with Crippen molar-refractivity contribution in [2.24, 2.45) is 0 Å². The van der Waals surface area contributed by atoms with E-state index in [2.05, 4.69) is 9.97 Å². The second kappa shape index (κ2) is 5.69. The third-order valence-corrected chi connectivity index (χ3v) is 3.88. The zero-order valence-electron chi connectivity index (χ0n) is 11.4. The number of fused-ring (bicyclic) bond motifs is 1. The number of hydrogen-bond donors (Lipinski definition) is 2. The molecule has 0 saturated carbocycles. The summed E-state index contributed by atoms with van der Waals surface area (Å²) in [6.45, 7) is 0.996. The first kappa shape index (κ1) is 15.0. The van der Waals surface area contributed by atoms with E-state index in [9.17, 15) is 18.0 Å². The fourth-order valence-corrected chi connectivity index (χ4v) is 2.81. The first-order valence-corrected chi connectivity index (χ1v) is 7.05. The minimum absolute atomic E-state index is 0.0748. The Morgan fingerprint density at radius 3 is 2.64 bits per heavy atom. The Bertz CT molecular complexity index is 846. The molecular formula is C14H12F3N3OS. The minimum atomic E-state index is -1.21. The Balaban J connectivity index is 1.85. The minimum Gasteiger partial charge on any atom is -0.334 e. The molecule has 1 aliphatic rings. The lowest BCUT2D eigenvalue weighted by atomic mass is 10.1. The molecule has 0 bridgehead atoms. The smallest absolute Gasteiger partial charge is 0.255 e. The van der Waals surface area contributed by atoms with Crippen molar-refractivity contribution in [3.05, 3.63) is 61.5 Å². The number of aromatic nitrogens is 2. The van der Waals surface area contributed by atoms with Crippen molar-refractivity contribution in [1.29, 1.82) is 0 Å². The van der Waals surface area contributed by atoms with Crippen molar-refractivity contribution in [3.63, 3.8) is 0 Å². The summed E-state index contributed by atoms with van der Waals surface area (Å²) in [5.74, 6) is -3.07. The molecule has 0 saturated heterocycles. The summed E-state index contributed by atoms with van der Waals surface area (Å²) in [7, 11) is 0. The number of hydrogen-bond acceptors (Lipinski definition) is 3. The number of halogens is 3. The maximum absolute atomic E-state index is 13.7. The number of nitrogens with one attached hydrogen (secondary N) is 2. The molecule has 2 heterocycles. The zero-order chi connectivity index (χ0) is 15.9. The van der Waals surface area contributed by atoms with E-state index in [0.717, 1.165) is 6.07 Å². The van der Waals surface area contributed by atoms with Gasteiger partial charge in [-0.2, -0.15) is 0 Å². The summed E-state index contributed by atoms with van der Waals surface area (Å²) in [6, 6.07) is 1.40. The molecule has 0 spiro atoms. The van der Waals surface area contributed by atoms with Crippen molar-refractivity contribution >= 4 is 12.2 Å². The van der Waals surface area contributed by atoms with E-state index in [1.807, 2.05) is 4.90 Å². The van der Waals surface area contributed by atoms with E-state index in [4.69, 9.17) is 12.2 Å². The van der Waals surface area contributed by atoms with Crippen molar-refractivity contribution < 1.29 is 13.2 Å². The Hall–Kier alpha value is -1.93. The second-order valence-electron chi connectivity index (χ2n) is 5.18. The molecule has 8 heteroatoms. The maximum atomic E-state index is 13.7. The quantitative estimate of drug-likeness (QED) is 0.658. The van der Waals surface area contributed by atoms with Crippen molar-refractivity contribution in [2.75, 3.05) is 6.54 Å². The van der Waals surface area contributed by atoms with Crippen LogP contribution in [-0.2, 0) is 19.5 Å². The molecular weight excluding hydrogens is 315 g/mol. The molecule has 1 aromatic carbocycles. The van der Waals surface area contributed by atoms with Crippen molar-refractivity contribution in [2.45, 2.75) is 19.5 Å². The molecule has 22 heavy (non-hydrogen) atoms. The van der Waals surface area contributed by atoms with Crippen LogP contribution in [0.25, 0.3) is 0 Å². The molecule has 0 fully saturated rings. The van der Waals surface area contributed by atoms with Gasteiger partial charge in [0.05, 0.1) is 0 Å². The molecule has 1 aliphatic heterocycles. The summed E-state index contributed by atoms with van der Waals surface area (Å²) in [5, 5.41) is 0. The van der Waals surface area contributed by atoms with Gasteiger partial charge >= 0.3 is 0 Å². The molecule has 0 aliphatic carbocycles. The Morgan fingerprint density at radius 1 is 1.14 bits per heavy atom. The number of H-pyrrole nitrogens is 2. The number of benzene rings is 1. The third kappa shape index (κ3) is 2.84. The third-order valence-electron chi connectivity index (χ3n) is 3.67. The molecule has 3 rings (SSSR count). The predicted molar refractivity (Wildman–Crippen MR) is 76.4 cm³/mol. The van der Waals surface area contributed by atoms with Gasteiger partial charge in [0.1, 0.15) is 5.82 Å². The summed E-state index contributed by atoms with van der Waals surface area (Å²) in [4.78, 5) is 19.0. The molecule has 2 aromatic rings. The van der Waals surface area contributed by atoms with Gasteiger partial charge in [-0.15, -0.1) is 0 Å². The van der Waals surface area contributed by atoms with Gasteiger partial charge in [0, 0.05) is 42.5 Å². The first-order chi connectivity index (χ1) is 10.4. The lowest BCUT2D eigenvalue weighted by Gasteiger charge is -2.28. The molecule has 2 N–H and O–H groups in total. The fourth-order valence-electron chi connectivity index (χ4n) is 2.59. The first-order valence-electron chi connectivity index (χ1n) is 6.64. The molecule has 0 unspecified atom stereocenters. The largest absolute Gasteiger partial charge is 0.334 e. The van der Waals surface area contributed by atoms with Crippen LogP contribution < -0.4 is 5.56 Å². The number of aromatic amines is 2. The monoisotopic (exact) mass is 327 g/mol. The van der Waals surface area contributed by atoms with Gasteiger partial charge in [-0.1, -0.05) is 0 Å². The van der Waals surface area contributed by atoms with E-state index in [0.29, 0.717) is 36.8 Å². The lowest BCUT2D eigenvalue weighted by molar-refractivity contribution is 0.236. The molecule has 0 radical (unpaired) electrons. The fraction of sp³-hybridized carbons (Fsp3) is 0.286. The number of nitrogens with zero attached hydrogens (tertiary/aromatic N) is 1. The van der Waals surface area contributed by atoms with Crippen LogP contribution in [0.3, 0.4) is 0 Å². The van der Waals surface area contributed by atoms with E-state index >= 15 is 0 Å². The topological polar surface area (TPSA) is 51.9 Å². The zero-order valence-corrected chi connectivity index (χ0v) is 12.2. The molecule has 116 valence electrons. The SMILES string of the molecule is O=c1[nH]c(=S)[nH]c2c1CCN(Cc1cc(F)c(F)cc1F)C2. The van der Waals surface area contributed by atoms with Gasteiger partial charge in [0.2, 0.25) is 0 Å². The molecule has 4 nitrogen and oxygen atoms in total. The van der Waals surface area contributed by atoms with Gasteiger partial charge in [-0.05, 0) is 24.7 Å². The van der Waals surface area contributed by atoms with Gasteiger partial charge in [-0.25, -0.2) is 13.2 Å². The Morgan fingerprint density at radius 2 is 1.86 bits per heavy atom. The highest BCUT2D eigenvalue weighted by Gasteiger charge is 2.21. The van der Waals surface area contributed by atoms with Crippen LogP contribution in [0.4, 0.5) is 13.2 Å². The predicted octanol–water partition coefficient (Wildman–Crippen LogP) is 2.41. The van der Waals surface area contributed by atoms with Crippen LogP contribution in [0, 0.1) is 22.2 Å². The summed E-state index contributed by atoms with van der Waals surface area (Å²) in [5.41, 5.74) is 1.14. The average Bonchev–Trinajstić information content (AvgIpc) is 2.44. The van der Waals surface area contributed by atoms with Crippen LogP contribution in [0.15, 0.2) is 16.9 Å². The maximum Gasteiger partial charge on any atom is 0.255 e. The van der Waals surface area contributed by atoms with E-state index in [1.54, 1.807) is 0 Å². The van der Waals surface area contributed by atoms with Gasteiger partial charge < -0.3 is 4.98 Å². The lowest BCUT2D eigenvalue weighted by Crippen LogP contribution is -2.35. The number of rotatable bonds is 2. The Kier molecular flexibility index (Phi) is 3.88. The summed E-state index contributed by atoms with van der Waals surface area (Å²) in [6.07, 6.45) is 0.474. The van der Waals surface area contributed by atoms with Crippen LogP contribution in [0.2, 0.25) is 0 Å². The summed E-state index contributed by atoms with van der Waals surface area (Å²) >= 11 is 4.92. The van der Waals surface area contributed by atoms with Crippen LogP contribution in [-0.4, -0.2) is 21.4 Å². The second-order valence-corrected chi connectivity index (χ2v) is 5.59. The van der Waals surface area contributed by atoms with E-state index in [-0.39, 0.29) is 22.4 Å². The highest BCUT2D eigenvalue weighted by Crippen LogP contribution is 2.19. The standard InChI is InChI=1S/C14H12F3N3OS/c15-9-4-11(17)10(16)3-7(9)5-20-2-1-8-12(6-20)18-14(22)19-13(8)21/h3-4H,1-2,5-6H2,(H2,18,19,21,22). The van der Waals surface area contributed by atoms with Crippen LogP contribution in [0.5, 0.6) is 0 Å². The van der Waals surface area contributed by atoms with Crippen LogP contribution >= 0.6 is 12.2 Å². The van der Waals surface area contributed by atoms with Crippen molar-refractivity contribution in [3.8, 4) is 0 Å². The normalized spacial score (nSPS) is 14.9. The van der Waals surface area contributed by atoms with Gasteiger partial charge in [-0.3, -0.25) is 14.7 Å². The Labute approximate surface area is 128 Å². The van der Waals surface area contributed by atoms with Crippen LogP contribution in [0.1, 0.15) is 16.8 Å². The summed E-state index contributed by atoms with van der Waals surface area (Å²) < 4.78 is 40.1. The van der Waals surface area contributed by atoms with Gasteiger partial charge in [0.15, 0.2) is 16.4 Å². The average molecular weight is 327 g/mol. The molecule has 1 aromatic heterocycles. The molecule has 0 atom stereocenters. The highest BCUT2D eigenvalue weighted by molar-refractivity contribution is 7.71. The highest BCUT2D eigenvalue weighted by atomic mass is 32.1. The molecule has 0 amide bonds.